The molecule has 0 N–H and O–H groups in total. The maximum Gasteiger partial charge on any atom is 0.136 e. The van der Waals surface area contributed by atoms with E-state index in [-0.39, 0.29) is 32.7 Å². The highest BCUT2D eigenvalue weighted by atomic mass is 16.3. The van der Waals surface area contributed by atoms with Crippen LogP contribution in [0.3, 0.4) is 0 Å². The zero-order valence-corrected chi connectivity index (χ0v) is 26.6. The summed E-state index contributed by atoms with van der Waals surface area (Å²) in [6.07, 6.45) is 0. The molecule has 0 aliphatic heterocycles. The molecule has 0 unspecified atom stereocenters. The molecular formula is C50H30O. The molecule has 0 fully saturated rings. The Bertz CT molecular complexity index is 3980. The van der Waals surface area contributed by atoms with E-state index >= 15 is 0 Å². The van der Waals surface area contributed by atoms with Crippen molar-refractivity contribution in [3.8, 4) is 33.4 Å². The second kappa shape index (κ2) is 10.9. The second-order valence-electron chi connectivity index (χ2n) is 12.4. The molecular weight excluding hydrogens is 617 g/mol. The second-order valence-corrected chi connectivity index (χ2v) is 12.4. The lowest BCUT2D eigenvalue weighted by molar-refractivity contribution is 0.669. The zero-order valence-electron chi connectivity index (χ0n) is 41.6. The van der Waals surface area contributed by atoms with Crippen molar-refractivity contribution in [1.82, 2.24) is 0 Å². The van der Waals surface area contributed by atoms with Crippen LogP contribution in [0.15, 0.2) is 186 Å². The molecule has 51 heavy (non-hydrogen) atoms. The normalized spacial score (nSPS) is 16.0. The number of rotatable bonds is 3. The van der Waals surface area contributed by atoms with Gasteiger partial charge in [-0.2, -0.15) is 0 Å². The summed E-state index contributed by atoms with van der Waals surface area (Å²) in [4.78, 5) is 0. The van der Waals surface area contributed by atoms with Crippen molar-refractivity contribution >= 4 is 75.8 Å². The van der Waals surface area contributed by atoms with Gasteiger partial charge in [0.2, 0.25) is 0 Å². The van der Waals surface area contributed by atoms with E-state index in [0.717, 1.165) is 27.1 Å². The van der Waals surface area contributed by atoms with E-state index in [0.29, 0.717) is 33.1 Å². The summed E-state index contributed by atoms with van der Waals surface area (Å²) in [6, 6.07) is 18.5. The van der Waals surface area contributed by atoms with Crippen LogP contribution in [0, 0.1) is 0 Å². The highest BCUT2D eigenvalue weighted by Crippen LogP contribution is 2.48. The van der Waals surface area contributed by atoms with Gasteiger partial charge >= 0.3 is 0 Å². The molecule has 0 aliphatic rings. The highest BCUT2D eigenvalue weighted by Gasteiger charge is 2.21. The first-order valence-corrected chi connectivity index (χ1v) is 16.4. The van der Waals surface area contributed by atoms with E-state index in [2.05, 4.69) is 0 Å². The van der Waals surface area contributed by atoms with Crippen molar-refractivity contribution in [3.05, 3.63) is 182 Å². The molecule has 0 amide bonds. The number of hydrogen-bond acceptors (Lipinski definition) is 1. The molecule has 1 nitrogen and oxygen atoms in total. The van der Waals surface area contributed by atoms with Gasteiger partial charge in [-0.25, -0.2) is 0 Å². The van der Waals surface area contributed by atoms with E-state index in [9.17, 15) is 8.22 Å². The molecule has 0 aliphatic carbocycles. The summed E-state index contributed by atoms with van der Waals surface area (Å²) in [5, 5.41) is 3.09. The lowest BCUT2D eigenvalue weighted by atomic mass is 9.83. The van der Waals surface area contributed by atoms with Crippen molar-refractivity contribution in [1.29, 1.82) is 0 Å². The van der Waals surface area contributed by atoms with Gasteiger partial charge in [-0.15, -0.1) is 0 Å². The predicted octanol–water partition coefficient (Wildman–Crippen LogP) is 14.4. The van der Waals surface area contributed by atoms with Gasteiger partial charge in [-0.05, 0) is 105 Å². The zero-order chi connectivity index (χ0) is 46.5. The topological polar surface area (TPSA) is 13.1 Å². The van der Waals surface area contributed by atoms with E-state index < -0.39 is 107 Å². The SMILES string of the molecule is [2H]c1c([2H])c([2H])c2c([2H])c(-c3c4c([2H])c([2H])c([2H])c([2H])c4c(-c4cccc5cccc(-c6cccc7oc8ccc9ccccc9c8c67)c45)c4c([2H])c([2H])c([2H])c([2H])c34)c([2H])c([2H])c2c1[2H]. The summed E-state index contributed by atoms with van der Waals surface area (Å²) < 4.78 is 143. The Labute approximate surface area is 315 Å². The van der Waals surface area contributed by atoms with E-state index in [1.54, 1.807) is 12.1 Å². The van der Waals surface area contributed by atoms with Crippen LogP contribution in [0.25, 0.3) is 109 Å². The molecule has 11 aromatic rings. The van der Waals surface area contributed by atoms with Crippen LogP contribution >= 0.6 is 0 Å². The average molecular weight is 662 g/mol. The van der Waals surface area contributed by atoms with Gasteiger partial charge in [0.15, 0.2) is 0 Å². The first-order chi connectivity index (χ1) is 31.6. The Morgan fingerprint density at radius 3 is 1.71 bits per heavy atom. The third-order valence-electron chi connectivity index (χ3n) is 9.73. The molecule has 0 spiro atoms. The van der Waals surface area contributed by atoms with Crippen LogP contribution in [0.4, 0.5) is 0 Å². The van der Waals surface area contributed by atoms with Crippen LogP contribution in [0.5, 0.6) is 0 Å². The van der Waals surface area contributed by atoms with Crippen molar-refractivity contribution in [2.75, 3.05) is 0 Å². The average Bonchev–Trinajstić information content (AvgIpc) is 3.72. The third-order valence-corrected chi connectivity index (χ3v) is 9.73. The number of furan rings is 1. The minimum Gasteiger partial charge on any atom is -0.456 e. The largest absolute Gasteiger partial charge is 0.456 e. The van der Waals surface area contributed by atoms with Gasteiger partial charge < -0.3 is 4.42 Å². The van der Waals surface area contributed by atoms with Gasteiger partial charge in [0.25, 0.3) is 0 Å². The molecule has 1 heterocycles. The van der Waals surface area contributed by atoms with Crippen LogP contribution in [-0.4, -0.2) is 0 Å². The molecule has 0 atom stereocenters. The lowest BCUT2D eigenvalue weighted by Crippen LogP contribution is -1.93. The summed E-state index contributed by atoms with van der Waals surface area (Å²) >= 11 is 0. The predicted molar refractivity (Wildman–Crippen MR) is 218 cm³/mol. The Hall–Kier alpha value is -6.70. The van der Waals surface area contributed by atoms with Crippen molar-refractivity contribution in [2.45, 2.75) is 0 Å². The Morgan fingerprint density at radius 2 is 0.941 bits per heavy atom. The highest BCUT2D eigenvalue weighted by molar-refractivity contribution is 6.27. The molecule has 0 radical (unpaired) electrons. The maximum absolute atomic E-state index is 9.62. The summed E-state index contributed by atoms with van der Waals surface area (Å²) in [5.74, 6) is 0. The van der Waals surface area contributed by atoms with E-state index in [1.807, 2.05) is 78.9 Å². The molecule has 236 valence electrons. The standard InChI is InChI=1S/C50H30O/c1-2-14-34-30-35(27-26-31(34)12-1)47-37-18-5-7-20-40(37)48(41-21-8-6-19-38(41)47)43-24-10-16-33-15-9-22-39(46(33)43)42-23-11-25-44-50(42)49-36-17-4-3-13-32(36)28-29-45(49)51-44/h1-30H/i1D,2D,5D,6D,7D,8D,12D,14D,18D,19D,20D,21D,26D,27D,30D. The number of benzene rings is 10. The minimum atomic E-state index is -0.742. The first-order valence-electron chi connectivity index (χ1n) is 23.9. The van der Waals surface area contributed by atoms with E-state index in [1.165, 1.54) is 0 Å². The monoisotopic (exact) mass is 661 g/mol. The van der Waals surface area contributed by atoms with Gasteiger partial charge in [-0.3, -0.25) is 0 Å². The fourth-order valence-corrected chi connectivity index (χ4v) is 7.64. The molecule has 1 aromatic heterocycles. The smallest absolute Gasteiger partial charge is 0.136 e. The molecule has 0 bridgehead atoms. The molecule has 0 saturated carbocycles. The molecule has 10 aromatic carbocycles. The quantitative estimate of drug-likeness (QED) is 0.172. The van der Waals surface area contributed by atoms with Gasteiger partial charge in [0.05, 0.1) is 20.6 Å². The number of hydrogen-bond donors (Lipinski definition) is 0. The van der Waals surface area contributed by atoms with Crippen molar-refractivity contribution < 1.29 is 25.0 Å². The minimum absolute atomic E-state index is 0.0299. The van der Waals surface area contributed by atoms with Crippen molar-refractivity contribution in [3.63, 3.8) is 0 Å². The Balaban J connectivity index is 1.39. The van der Waals surface area contributed by atoms with Crippen LogP contribution in [0.2, 0.25) is 0 Å². The van der Waals surface area contributed by atoms with E-state index in [4.69, 9.17) is 16.8 Å². The third kappa shape index (κ3) is 4.16. The van der Waals surface area contributed by atoms with Gasteiger partial charge in [0, 0.05) is 10.8 Å². The molecule has 11 rings (SSSR count). The first kappa shape index (κ1) is 17.3. The molecule has 0 saturated heterocycles. The fraction of sp³-hybridized carbons (Fsp3) is 0. The summed E-state index contributed by atoms with van der Waals surface area (Å²) in [7, 11) is 0. The Kier molecular flexibility index (Phi) is 3.70. The summed E-state index contributed by atoms with van der Waals surface area (Å²) in [5.41, 5.74) is 2.22. The van der Waals surface area contributed by atoms with Gasteiger partial charge in [0.1, 0.15) is 11.2 Å². The summed E-state index contributed by atoms with van der Waals surface area (Å²) in [6.45, 7) is 0. The maximum atomic E-state index is 9.62. The number of fused-ring (bicyclic) bond motifs is 9. The fourth-order valence-electron chi connectivity index (χ4n) is 7.64. The van der Waals surface area contributed by atoms with Crippen LogP contribution in [0.1, 0.15) is 20.6 Å². The Morgan fingerprint density at radius 1 is 0.353 bits per heavy atom. The molecule has 1 heteroatoms. The van der Waals surface area contributed by atoms with Gasteiger partial charge in [-0.1, -0.05) is 163 Å². The van der Waals surface area contributed by atoms with Crippen LogP contribution < -0.4 is 0 Å². The van der Waals surface area contributed by atoms with Crippen LogP contribution in [-0.2, 0) is 0 Å². The van der Waals surface area contributed by atoms with Crippen molar-refractivity contribution in [2.24, 2.45) is 0 Å². The lowest BCUT2D eigenvalue weighted by Gasteiger charge is -2.20.